The minimum Gasteiger partial charge on any atom is -0.379 e. The number of hydrogen-bond acceptors (Lipinski definition) is 4. The quantitative estimate of drug-likeness (QED) is 0.657. The van der Waals surface area contributed by atoms with Crippen molar-refractivity contribution in [2.24, 2.45) is 0 Å². The van der Waals surface area contributed by atoms with Crippen molar-refractivity contribution >= 4 is 17.1 Å². The van der Waals surface area contributed by atoms with Crippen molar-refractivity contribution in [2.75, 3.05) is 23.3 Å². The number of nitro groups is 1. The second kappa shape index (κ2) is 6.59. The highest BCUT2D eigenvalue weighted by molar-refractivity contribution is 5.77. The van der Waals surface area contributed by atoms with Crippen LogP contribution >= 0.6 is 0 Å². The van der Waals surface area contributed by atoms with E-state index < -0.39 is 0 Å². The van der Waals surface area contributed by atoms with E-state index in [1.165, 1.54) is 6.42 Å². The molecule has 2 rings (SSSR count). The fourth-order valence-corrected chi connectivity index (χ4v) is 2.81. The van der Waals surface area contributed by atoms with E-state index in [9.17, 15) is 10.1 Å². The number of hydrogen-bond donors (Lipinski definition) is 1. The molecular weight excluding hydrogens is 254 g/mol. The van der Waals surface area contributed by atoms with Crippen molar-refractivity contribution in [3.8, 4) is 0 Å². The number of para-hydroxylation sites is 1. The topological polar surface area (TPSA) is 58.4 Å². The monoisotopic (exact) mass is 277 g/mol. The van der Waals surface area contributed by atoms with Crippen LogP contribution in [0.5, 0.6) is 0 Å². The van der Waals surface area contributed by atoms with Crippen LogP contribution in [0.15, 0.2) is 18.2 Å². The number of rotatable bonds is 5. The summed E-state index contributed by atoms with van der Waals surface area (Å²) in [7, 11) is 0. The van der Waals surface area contributed by atoms with Crippen LogP contribution in [0.4, 0.5) is 17.1 Å². The molecule has 1 heterocycles. The lowest BCUT2D eigenvalue weighted by Crippen LogP contribution is -2.37. The number of nitrogens with one attached hydrogen (secondary N) is 1. The molecule has 1 aliphatic heterocycles. The summed E-state index contributed by atoms with van der Waals surface area (Å²) in [5.74, 6) is 0. The van der Waals surface area contributed by atoms with Crippen molar-refractivity contribution < 1.29 is 4.92 Å². The molecule has 1 fully saturated rings. The molecule has 1 saturated heterocycles. The predicted octanol–water partition coefficient (Wildman–Crippen LogP) is 3.80. The Kier molecular flexibility index (Phi) is 4.82. The number of anilines is 2. The first-order chi connectivity index (χ1) is 9.65. The first kappa shape index (κ1) is 14.6. The zero-order valence-electron chi connectivity index (χ0n) is 12.3. The zero-order chi connectivity index (χ0) is 14.5. The molecule has 0 saturated carbocycles. The van der Waals surface area contributed by atoms with Crippen LogP contribution in [-0.2, 0) is 0 Å². The van der Waals surface area contributed by atoms with Crippen molar-refractivity contribution in [2.45, 2.75) is 45.6 Å². The van der Waals surface area contributed by atoms with Crippen LogP contribution in [0.2, 0.25) is 0 Å². The molecule has 1 unspecified atom stereocenters. The third-order valence-corrected chi connectivity index (χ3v) is 3.88. The van der Waals surface area contributed by atoms with Gasteiger partial charge < -0.3 is 10.2 Å². The summed E-state index contributed by atoms with van der Waals surface area (Å²) >= 11 is 0. The highest BCUT2D eigenvalue weighted by Gasteiger charge is 2.27. The summed E-state index contributed by atoms with van der Waals surface area (Å²) in [5.41, 5.74) is 1.60. The molecule has 0 aliphatic carbocycles. The Hall–Kier alpha value is -1.78. The second-order valence-corrected chi connectivity index (χ2v) is 5.40. The van der Waals surface area contributed by atoms with Crippen LogP contribution in [0.25, 0.3) is 0 Å². The fourth-order valence-electron chi connectivity index (χ4n) is 2.81. The van der Waals surface area contributed by atoms with Gasteiger partial charge in [0, 0.05) is 19.1 Å². The molecule has 0 radical (unpaired) electrons. The molecule has 0 spiro atoms. The van der Waals surface area contributed by atoms with Crippen molar-refractivity contribution in [3.63, 3.8) is 0 Å². The third-order valence-electron chi connectivity index (χ3n) is 3.88. The number of benzene rings is 1. The molecule has 5 heteroatoms. The summed E-state index contributed by atoms with van der Waals surface area (Å²) in [6.45, 7) is 5.85. The van der Waals surface area contributed by atoms with Crippen molar-refractivity contribution in [1.82, 2.24) is 0 Å². The van der Waals surface area contributed by atoms with Gasteiger partial charge in [0.1, 0.15) is 11.4 Å². The lowest BCUT2D eigenvalue weighted by molar-refractivity contribution is -0.383. The summed E-state index contributed by atoms with van der Waals surface area (Å²) in [5, 5.41) is 14.7. The summed E-state index contributed by atoms with van der Waals surface area (Å²) < 4.78 is 0. The molecule has 0 amide bonds. The van der Waals surface area contributed by atoms with E-state index in [0.29, 0.717) is 11.7 Å². The first-order valence-electron chi connectivity index (χ1n) is 7.43. The van der Waals surface area contributed by atoms with E-state index in [-0.39, 0.29) is 10.6 Å². The number of nitro benzene ring substituents is 1. The summed E-state index contributed by atoms with van der Waals surface area (Å²) in [4.78, 5) is 13.4. The van der Waals surface area contributed by atoms with Crippen molar-refractivity contribution in [3.05, 3.63) is 28.3 Å². The van der Waals surface area contributed by atoms with E-state index in [4.69, 9.17) is 0 Å². The highest BCUT2D eigenvalue weighted by Crippen LogP contribution is 2.38. The Morgan fingerprint density at radius 1 is 1.45 bits per heavy atom. The molecule has 1 atom stereocenters. The lowest BCUT2D eigenvalue weighted by Gasteiger charge is -2.35. The Morgan fingerprint density at radius 3 is 2.90 bits per heavy atom. The molecule has 1 aromatic rings. The SMILES string of the molecule is CCCNc1cccc(N2CCCCC2C)c1[N+](=O)[O-]. The van der Waals surface area contributed by atoms with E-state index in [1.54, 1.807) is 6.07 Å². The van der Waals surface area contributed by atoms with E-state index in [2.05, 4.69) is 24.1 Å². The van der Waals surface area contributed by atoms with Gasteiger partial charge in [-0.3, -0.25) is 10.1 Å². The maximum absolute atomic E-state index is 11.5. The van der Waals surface area contributed by atoms with Gasteiger partial charge in [-0.05, 0) is 44.7 Å². The highest BCUT2D eigenvalue weighted by atomic mass is 16.6. The molecule has 1 aliphatic rings. The van der Waals surface area contributed by atoms with Crippen LogP contribution in [-0.4, -0.2) is 24.1 Å². The van der Waals surface area contributed by atoms with Crippen LogP contribution < -0.4 is 10.2 Å². The van der Waals surface area contributed by atoms with Crippen LogP contribution in [0, 0.1) is 10.1 Å². The normalized spacial score (nSPS) is 18.9. The summed E-state index contributed by atoms with van der Waals surface area (Å²) in [6.07, 6.45) is 4.36. The largest absolute Gasteiger partial charge is 0.379 e. The fraction of sp³-hybridized carbons (Fsp3) is 0.600. The molecule has 1 aromatic carbocycles. The van der Waals surface area contributed by atoms with Gasteiger partial charge in [0.05, 0.1) is 4.92 Å². The molecule has 5 nitrogen and oxygen atoms in total. The lowest BCUT2D eigenvalue weighted by atomic mass is 10.0. The Bertz CT molecular complexity index is 476. The van der Waals surface area contributed by atoms with E-state index in [0.717, 1.165) is 38.0 Å². The average molecular weight is 277 g/mol. The van der Waals surface area contributed by atoms with Gasteiger partial charge in [-0.1, -0.05) is 13.0 Å². The minimum atomic E-state index is -0.255. The van der Waals surface area contributed by atoms with Crippen LogP contribution in [0.1, 0.15) is 39.5 Å². The van der Waals surface area contributed by atoms with Gasteiger partial charge in [0.25, 0.3) is 0 Å². The molecule has 1 N–H and O–H groups in total. The van der Waals surface area contributed by atoms with E-state index >= 15 is 0 Å². The second-order valence-electron chi connectivity index (χ2n) is 5.40. The Balaban J connectivity index is 2.38. The minimum absolute atomic E-state index is 0.217. The maximum atomic E-state index is 11.5. The van der Waals surface area contributed by atoms with Crippen molar-refractivity contribution in [1.29, 1.82) is 0 Å². The van der Waals surface area contributed by atoms with E-state index in [1.807, 2.05) is 12.1 Å². The number of piperidine rings is 1. The average Bonchev–Trinajstić information content (AvgIpc) is 2.45. The molecule has 20 heavy (non-hydrogen) atoms. The molecule has 0 aromatic heterocycles. The predicted molar refractivity (Wildman–Crippen MR) is 82.5 cm³/mol. The Morgan fingerprint density at radius 2 is 2.25 bits per heavy atom. The third kappa shape index (κ3) is 3.03. The van der Waals surface area contributed by atoms with Crippen LogP contribution in [0.3, 0.4) is 0 Å². The number of nitrogens with zero attached hydrogens (tertiary/aromatic N) is 2. The zero-order valence-corrected chi connectivity index (χ0v) is 12.3. The smallest absolute Gasteiger partial charge is 0.315 e. The standard InChI is InChI=1S/C15H23N3O2/c1-3-10-16-13-8-6-9-14(15(13)18(19)20)17-11-5-4-7-12(17)2/h6,8-9,12,16H,3-5,7,10-11H2,1-2H3. The van der Waals surface area contributed by atoms with Gasteiger partial charge in [-0.2, -0.15) is 0 Å². The Labute approximate surface area is 120 Å². The van der Waals surface area contributed by atoms with Gasteiger partial charge in [-0.25, -0.2) is 0 Å². The maximum Gasteiger partial charge on any atom is 0.315 e. The molecule has 0 bridgehead atoms. The first-order valence-corrected chi connectivity index (χ1v) is 7.43. The summed E-state index contributed by atoms with van der Waals surface area (Å²) in [6, 6.07) is 5.94. The van der Waals surface area contributed by atoms with Gasteiger partial charge in [-0.15, -0.1) is 0 Å². The van der Waals surface area contributed by atoms with Gasteiger partial charge >= 0.3 is 5.69 Å². The van der Waals surface area contributed by atoms with Gasteiger partial charge in [0.15, 0.2) is 0 Å². The molecule has 110 valence electrons. The molecular formula is C15H23N3O2. The van der Waals surface area contributed by atoms with Gasteiger partial charge in [0.2, 0.25) is 0 Å².